The molecule has 0 bridgehead atoms. The van der Waals surface area contributed by atoms with Crippen molar-refractivity contribution < 1.29 is 9.59 Å². The van der Waals surface area contributed by atoms with E-state index in [0.717, 1.165) is 5.56 Å². The van der Waals surface area contributed by atoms with Crippen LogP contribution in [0.15, 0.2) is 42.5 Å². The lowest BCUT2D eigenvalue weighted by Gasteiger charge is -2.26. The predicted molar refractivity (Wildman–Crippen MR) is 74.3 cm³/mol. The highest BCUT2D eigenvalue weighted by molar-refractivity contribution is 6.29. The maximum Gasteiger partial charge on any atom is 0.261 e. The zero-order chi connectivity index (χ0) is 14.1. The molecule has 1 aliphatic rings. The second-order valence-corrected chi connectivity index (χ2v) is 4.96. The number of halogens is 1. The fourth-order valence-electron chi connectivity index (χ4n) is 2.26. The van der Waals surface area contributed by atoms with E-state index in [9.17, 15) is 9.59 Å². The van der Waals surface area contributed by atoms with Crippen LogP contribution in [-0.2, 0) is 17.8 Å². The van der Waals surface area contributed by atoms with Gasteiger partial charge in [-0.3, -0.25) is 14.5 Å². The highest BCUT2D eigenvalue weighted by Gasteiger charge is 2.30. The molecule has 100 valence electrons. The Morgan fingerprint density at radius 1 is 1.10 bits per heavy atom. The molecule has 2 aromatic rings. The number of carbonyl (C=O) groups is 2. The average Bonchev–Trinajstić information content (AvgIpc) is 2.43. The Morgan fingerprint density at radius 3 is 2.70 bits per heavy atom. The fraction of sp³-hybridized carbons (Fsp3) is 0.133. The van der Waals surface area contributed by atoms with Crippen LogP contribution in [0.2, 0.25) is 5.15 Å². The summed E-state index contributed by atoms with van der Waals surface area (Å²) in [6.07, 6.45) is 0.239. The second-order valence-electron chi connectivity index (χ2n) is 4.57. The highest BCUT2D eigenvalue weighted by atomic mass is 35.5. The molecule has 1 aromatic carbocycles. The minimum absolute atomic E-state index is 0.145. The van der Waals surface area contributed by atoms with E-state index in [4.69, 9.17) is 11.6 Å². The van der Waals surface area contributed by atoms with Crippen molar-refractivity contribution in [3.05, 3.63) is 64.4 Å². The number of fused-ring (bicyclic) bond motifs is 1. The van der Waals surface area contributed by atoms with E-state index in [2.05, 4.69) is 4.98 Å². The number of aromatic nitrogens is 1. The SMILES string of the molecule is O=C1Cc2ccccc2C(=O)N1Cc1cccc(Cl)n1. The minimum Gasteiger partial charge on any atom is -0.274 e. The van der Waals surface area contributed by atoms with Crippen molar-refractivity contribution in [2.75, 3.05) is 0 Å². The Hall–Kier alpha value is -2.20. The van der Waals surface area contributed by atoms with Crippen molar-refractivity contribution >= 4 is 23.4 Å². The van der Waals surface area contributed by atoms with Crippen LogP contribution in [0.3, 0.4) is 0 Å². The Kier molecular flexibility index (Phi) is 3.24. The van der Waals surface area contributed by atoms with Gasteiger partial charge in [0.25, 0.3) is 5.91 Å². The van der Waals surface area contributed by atoms with E-state index in [0.29, 0.717) is 16.4 Å². The van der Waals surface area contributed by atoms with Crippen LogP contribution in [0.1, 0.15) is 21.6 Å². The van der Waals surface area contributed by atoms with Gasteiger partial charge in [-0.25, -0.2) is 4.98 Å². The number of hydrogen-bond donors (Lipinski definition) is 0. The van der Waals surface area contributed by atoms with Gasteiger partial charge in [0.1, 0.15) is 5.15 Å². The molecule has 0 N–H and O–H groups in total. The molecule has 3 rings (SSSR count). The van der Waals surface area contributed by atoms with Crippen molar-refractivity contribution in [3.63, 3.8) is 0 Å². The molecule has 0 aliphatic carbocycles. The van der Waals surface area contributed by atoms with E-state index in [1.54, 1.807) is 36.4 Å². The summed E-state index contributed by atoms with van der Waals surface area (Å²) in [7, 11) is 0. The summed E-state index contributed by atoms with van der Waals surface area (Å²) in [4.78, 5) is 29.8. The van der Waals surface area contributed by atoms with Crippen LogP contribution in [0.5, 0.6) is 0 Å². The van der Waals surface area contributed by atoms with Crippen molar-refractivity contribution in [3.8, 4) is 0 Å². The molecule has 0 saturated carbocycles. The first-order chi connectivity index (χ1) is 9.65. The maximum atomic E-state index is 12.4. The lowest BCUT2D eigenvalue weighted by Crippen LogP contribution is -2.41. The first-order valence-electron chi connectivity index (χ1n) is 6.19. The first kappa shape index (κ1) is 12.8. The smallest absolute Gasteiger partial charge is 0.261 e. The number of hydrogen-bond acceptors (Lipinski definition) is 3. The van der Waals surface area contributed by atoms with E-state index < -0.39 is 0 Å². The monoisotopic (exact) mass is 286 g/mol. The Balaban J connectivity index is 1.91. The van der Waals surface area contributed by atoms with Crippen molar-refractivity contribution in [2.45, 2.75) is 13.0 Å². The van der Waals surface area contributed by atoms with Crippen LogP contribution >= 0.6 is 11.6 Å². The van der Waals surface area contributed by atoms with Crippen LogP contribution < -0.4 is 0 Å². The summed E-state index contributed by atoms with van der Waals surface area (Å²) in [5.41, 5.74) is 1.95. The summed E-state index contributed by atoms with van der Waals surface area (Å²) < 4.78 is 0. The third-order valence-corrected chi connectivity index (χ3v) is 3.44. The summed E-state index contributed by atoms with van der Waals surface area (Å²) in [6, 6.07) is 12.3. The van der Waals surface area contributed by atoms with Gasteiger partial charge in [0.05, 0.1) is 18.7 Å². The number of pyridine rings is 1. The second kappa shape index (κ2) is 5.06. The number of amides is 2. The lowest BCUT2D eigenvalue weighted by molar-refractivity contribution is -0.128. The van der Waals surface area contributed by atoms with Gasteiger partial charge in [-0.1, -0.05) is 35.9 Å². The summed E-state index contributed by atoms with van der Waals surface area (Å²) >= 11 is 5.82. The van der Waals surface area contributed by atoms with Gasteiger partial charge in [0, 0.05) is 5.56 Å². The molecule has 5 heteroatoms. The van der Waals surface area contributed by atoms with Gasteiger partial charge in [-0.2, -0.15) is 0 Å². The number of imide groups is 1. The maximum absolute atomic E-state index is 12.4. The molecular formula is C15H11ClN2O2. The summed E-state index contributed by atoms with van der Waals surface area (Å²) in [5.74, 6) is -0.492. The van der Waals surface area contributed by atoms with E-state index in [1.165, 1.54) is 4.90 Å². The van der Waals surface area contributed by atoms with Crippen LogP contribution in [-0.4, -0.2) is 21.7 Å². The Labute approximate surface area is 121 Å². The molecule has 1 aliphatic heterocycles. The Morgan fingerprint density at radius 2 is 1.90 bits per heavy atom. The predicted octanol–water partition coefficient (Wildman–Crippen LogP) is 2.46. The summed E-state index contributed by atoms with van der Waals surface area (Å²) in [5, 5.41) is 0.347. The van der Waals surface area contributed by atoms with Gasteiger partial charge in [0.2, 0.25) is 5.91 Å². The third-order valence-electron chi connectivity index (χ3n) is 3.23. The molecule has 0 unspecified atom stereocenters. The van der Waals surface area contributed by atoms with Crippen LogP contribution in [0.25, 0.3) is 0 Å². The quantitative estimate of drug-likeness (QED) is 0.629. The molecule has 0 saturated heterocycles. The molecule has 1 aromatic heterocycles. The first-order valence-corrected chi connectivity index (χ1v) is 6.57. The standard InChI is InChI=1S/C15H11ClN2O2/c16-13-7-3-5-11(17-13)9-18-14(19)8-10-4-1-2-6-12(10)15(18)20/h1-7H,8-9H2. The van der Waals surface area contributed by atoms with Gasteiger partial charge in [0.15, 0.2) is 0 Å². The zero-order valence-electron chi connectivity index (χ0n) is 10.5. The normalized spacial score (nSPS) is 14.3. The fourth-order valence-corrected chi connectivity index (χ4v) is 2.44. The molecule has 0 atom stereocenters. The molecule has 0 fully saturated rings. The summed E-state index contributed by atoms with van der Waals surface area (Å²) in [6.45, 7) is 0.145. The Bertz CT molecular complexity index is 700. The van der Waals surface area contributed by atoms with Gasteiger partial charge < -0.3 is 0 Å². The van der Waals surface area contributed by atoms with E-state index >= 15 is 0 Å². The lowest BCUT2D eigenvalue weighted by atomic mass is 9.98. The number of nitrogens with zero attached hydrogens (tertiary/aromatic N) is 2. The van der Waals surface area contributed by atoms with Crippen LogP contribution in [0.4, 0.5) is 0 Å². The molecule has 0 spiro atoms. The van der Waals surface area contributed by atoms with Crippen LogP contribution in [0, 0.1) is 0 Å². The van der Waals surface area contributed by atoms with E-state index in [-0.39, 0.29) is 24.8 Å². The number of rotatable bonds is 2. The third kappa shape index (κ3) is 2.30. The zero-order valence-corrected chi connectivity index (χ0v) is 11.3. The van der Waals surface area contributed by atoms with Crippen molar-refractivity contribution in [1.82, 2.24) is 9.88 Å². The van der Waals surface area contributed by atoms with Crippen molar-refractivity contribution in [2.24, 2.45) is 0 Å². The van der Waals surface area contributed by atoms with Gasteiger partial charge in [-0.05, 0) is 23.8 Å². The van der Waals surface area contributed by atoms with Crippen molar-refractivity contribution in [1.29, 1.82) is 0 Å². The molecule has 2 amide bonds. The molecule has 4 nitrogen and oxygen atoms in total. The average molecular weight is 287 g/mol. The number of carbonyl (C=O) groups excluding carboxylic acids is 2. The number of benzene rings is 1. The molecular weight excluding hydrogens is 276 g/mol. The molecule has 20 heavy (non-hydrogen) atoms. The minimum atomic E-state index is -0.279. The largest absolute Gasteiger partial charge is 0.274 e. The van der Waals surface area contributed by atoms with Gasteiger partial charge >= 0.3 is 0 Å². The topological polar surface area (TPSA) is 50.3 Å². The molecule has 0 radical (unpaired) electrons. The highest BCUT2D eigenvalue weighted by Crippen LogP contribution is 2.21. The molecule has 2 heterocycles. The van der Waals surface area contributed by atoms with E-state index in [1.807, 2.05) is 6.07 Å². The van der Waals surface area contributed by atoms with Gasteiger partial charge in [-0.15, -0.1) is 0 Å².